The van der Waals surface area contributed by atoms with Crippen LogP contribution in [0.2, 0.25) is 0 Å². The third-order valence-electron chi connectivity index (χ3n) is 9.27. The molecule has 2 aromatic rings. The van der Waals surface area contributed by atoms with E-state index in [0.29, 0.717) is 11.8 Å². The van der Waals surface area contributed by atoms with Gasteiger partial charge in [0, 0.05) is 23.4 Å². The second-order valence-corrected chi connectivity index (χ2v) is 10.5. The number of ketones is 1. The van der Waals surface area contributed by atoms with Gasteiger partial charge in [0.2, 0.25) is 0 Å². The topological polar surface area (TPSA) is 39.2 Å². The normalized spacial score (nSPS) is 40.2. The Labute approximate surface area is 182 Å². The summed E-state index contributed by atoms with van der Waals surface area (Å²) in [5.41, 5.74) is 3.20. The lowest BCUT2D eigenvalue weighted by atomic mass is 9.58. The van der Waals surface area contributed by atoms with Crippen LogP contribution in [0.1, 0.15) is 56.9 Å². The Bertz CT molecular complexity index is 1240. The van der Waals surface area contributed by atoms with Crippen LogP contribution in [0.3, 0.4) is 0 Å². The molecule has 0 radical (unpaired) electrons. The molecule has 1 aromatic heterocycles. The zero-order chi connectivity index (χ0) is 20.8. The molecule has 1 saturated heterocycles. The average Bonchev–Trinajstić information content (AvgIpc) is 3.29. The van der Waals surface area contributed by atoms with Crippen molar-refractivity contribution in [1.82, 2.24) is 4.98 Å². The molecule has 0 N–H and O–H groups in total. The quantitative estimate of drug-likeness (QED) is 0.596. The first-order chi connectivity index (χ1) is 15.0. The molecule has 5 atom stereocenters. The molecule has 7 rings (SSSR count). The number of benzene rings is 1. The van der Waals surface area contributed by atoms with Crippen LogP contribution >= 0.6 is 0 Å². The molecule has 2 aliphatic heterocycles. The molecule has 3 heterocycles. The fraction of sp³-hybridized carbons (Fsp3) is 0.429. The van der Waals surface area contributed by atoms with Crippen LogP contribution in [0.15, 0.2) is 72.1 Å². The summed E-state index contributed by atoms with van der Waals surface area (Å²) in [6, 6.07) is 9.03. The standard InChI is InChI=1S/C28H27NO2/c1-26-11-8-21-16-23-24(30)3-2-10-27(23)12-13-28(21,31-27)25(26)7-6-22(26)19-5-4-18-9-14-29-17-20(18)15-19/h2-5,8-9,14-17,22,25H,6-7,10-13H2,1H3/t22-,25-,26-,27+,28-/m1/s1. The molecule has 1 saturated carbocycles. The van der Waals surface area contributed by atoms with Crippen molar-refractivity contribution in [2.75, 3.05) is 0 Å². The first-order valence-electron chi connectivity index (χ1n) is 11.7. The summed E-state index contributed by atoms with van der Waals surface area (Å²) in [7, 11) is 0. The average molecular weight is 410 g/mol. The Morgan fingerprint density at radius 2 is 2.03 bits per heavy atom. The highest BCUT2D eigenvalue weighted by Gasteiger charge is 2.66. The molecular formula is C28H27NO2. The molecule has 3 heteroatoms. The minimum atomic E-state index is -0.381. The maximum absolute atomic E-state index is 12.7. The third kappa shape index (κ3) is 2.18. The largest absolute Gasteiger partial charge is 0.358 e. The van der Waals surface area contributed by atoms with Gasteiger partial charge in [-0.05, 0) is 96.6 Å². The van der Waals surface area contributed by atoms with E-state index >= 15 is 0 Å². The summed E-state index contributed by atoms with van der Waals surface area (Å²) in [6.07, 6.45) is 18.5. The van der Waals surface area contributed by atoms with Crippen LogP contribution in [0.25, 0.3) is 10.8 Å². The first kappa shape index (κ1) is 18.1. The summed E-state index contributed by atoms with van der Waals surface area (Å²) in [5.74, 6) is 1.16. The van der Waals surface area contributed by atoms with E-state index < -0.39 is 0 Å². The predicted octanol–water partition coefficient (Wildman–Crippen LogP) is 5.82. The summed E-state index contributed by atoms with van der Waals surface area (Å²) in [6.45, 7) is 2.49. The summed E-state index contributed by atoms with van der Waals surface area (Å²) < 4.78 is 7.07. The number of fused-ring (bicyclic) bond motifs is 2. The highest BCUT2D eigenvalue weighted by atomic mass is 16.5. The van der Waals surface area contributed by atoms with Gasteiger partial charge < -0.3 is 4.74 Å². The van der Waals surface area contributed by atoms with Gasteiger partial charge in [0.25, 0.3) is 0 Å². The molecule has 3 nitrogen and oxygen atoms in total. The highest BCUT2D eigenvalue weighted by molar-refractivity contribution is 6.07. The molecule has 1 aromatic carbocycles. The zero-order valence-electron chi connectivity index (χ0n) is 17.9. The van der Waals surface area contributed by atoms with Gasteiger partial charge >= 0.3 is 0 Å². The number of pyridine rings is 1. The fourth-order valence-electron chi connectivity index (χ4n) is 7.80. The lowest BCUT2D eigenvalue weighted by molar-refractivity contribution is -0.135. The predicted molar refractivity (Wildman–Crippen MR) is 121 cm³/mol. The van der Waals surface area contributed by atoms with E-state index in [0.717, 1.165) is 31.3 Å². The number of aromatic nitrogens is 1. The van der Waals surface area contributed by atoms with Gasteiger partial charge in [-0.25, -0.2) is 0 Å². The molecule has 31 heavy (non-hydrogen) atoms. The maximum Gasteiger partial charge on any atom is 0.184 e. The maximum atomic E-state index is 12.7. The van der Waals surface area contributed by atoms with E-state index in [1.54, 1.807) is 6.08 Å². The van der Waals surface area contributed by atoms with Gasteiger partial charge in [-0.3, -0.25) is 9.78 Å². The minimum absolute atomic E-state index is 0.144. The van der Waals surface area contributed by atoms with Gasteiger partial charge in [0.15, 0.2) is 5.78 Å². The molecule has 3 aliphatic carbocycles. The number of hydrogen-bond acceptors (Lipinski definition) is 3. The lowest BCUT2D eigenvalue weighted by Crippen LogP contribution is -2.53. The smallest absolute Gasteiger partial charge is 0.184 e. The second-order valence-electron chi connectivity index (χ2n) is 10.5. The van der Waals surface area contributed by atoms with Crippen LogP contribution in [-0.4, -0.2) is 22.0 Å². The molecule has 2 spiro atoms. The van der Waals surface area contributed by atoms with Crippen molar-refractivity contribution in [2.24, 2.45) is 11.3 Å². The van der Waals surface area contributed by atoms with E-state index in [9.17, 15) is 4.79 Å². The van der Waals surface area contributed by atoms with Gasteiger partial charge in [-0.2, -0.15) is 0 Å². The summed E-state index contributed by atoms with van der Waals surface area (Å²) >= 11 is 0. The van der Waals surface area contributed by atoms with E-state index in [1.165, 1.54) is 34.8 Å². The van der Waals surface area contributed by atoms with Crippen molar-refractivity contribution >= 4 is 16.6 Å². The first-order valence-corrected chi connectivity index (χ1v) is 11.7. The van der Waals surface area contributed by atoms with E-state index in [4.69, 9.17) is 4.74 Å². The number of carbonyl (C=O) groups is 1. The Balaban J connectivity index is 1.33. The van der Waals surface area contributed by atoms with Crippen molar-refractivity contribution in [1.29, 1.82) is 0 Å². The Kier molecular flexibility index (Phi) is 3.40. The zero-order valence-corrected chi connectivity index (χ0v) is 17.9. The Hall–Kier alpha value is -2.52. The Morgan fingerprint density at radius 1 is 1.10 bits per heavy atom. The van der Waals surface area contributed by atoms with Crippen LogP contribution < -0.4 is 0 Å². The third-order valence-corrected chi connectivity index (χ3v) is 9.27. The molecule has 0 amide bonds. The highest BCUT2D eigenvalue weighted by Crippen LogP contribution is 2.68. The van der Waals surface area contributed by atoms with Gasteiger partial charge in [0.05, 0.1) is 5.60 Å². The number of ether oxygens (including phenoxy) is 1. The van der Waals surface area contributed by atoms with Crippen molar-refractivity contribution in [3.8, 4) is 0 Å². The summed E-state index contributed by atoms with van der Waals surface area (Å²) in [4.78, 5) is 17.0. The van der Waals surface area contributed by atoms with Crippen molar-refractivity contribution in [2.45, 2.75) is 62.6 Å². The van der Waals surface area contributed by atoms with Gasteiger partial charge in [-0.1, -0.05) is 31.2 Å². The number of nitrogens with zero attached hydrogens (tertiary/aromatic N) is 1. The van der Waals surface area contributed by atoms with E-state index in [2.05, 4.69) is 48.3 Å². The second kappa shape index (κ2) is 5.83. The number of rotatable bonds is 1. The van der Waals surface area contributed by atoms with E-state index in [1.807, 2.05) is 18.5 Å². The van der Waals surface area contributed by atoms with Crippen LogP contribution in [0.4, 0.5) is 0 Å². The molecule has 0 unspecified atom stereocenters. The van der Waals surface area contributed by atoms with Gasteiger partial charge in [-0.15, -0.1) is 0 Å². The summed E-state index contributed by atoms with van der Waals surface area (Å²) in [5, 5.41) is 2.48. The molecule has 156 valence electrons. The van der Waals surface area contributed by atoms with Crippen molar-refractivity contribution in [3.05, 3.63) is 77.7 Å². The number of allylic oxidation sites excluding steroid dienone is 2. The number of hydrogen-bond donors (Lipinski definition) is 0. The molecule has 2 fully saturated rings. The monoisotopic (exact) mass is 409 g/mol. The minimum Gasteiger partial charge on any atom is -0.358 e. The molecule has 2 bridgehead atoms. The number of carbonyl (C=O) groups excluding carboxylic acids is 1. The van der Waals surface area contributed by atoms with Crippen molar-refractivity contribution < 1.29 is 9.53 Å². The lowest BCUT2D eigenvalue weighted by Gasteiger charge is -2.53. The Morgan fingerprint density at radius 3 is 2.97 bits per heavy atom. The van der Waals surface area contributed by atoms with Crippen LogP contribution in [0.5, 0.6) is 0 Å². The van der Waals surface area contributed by atoms with Crippen LogP contribution in [-0.2, 0) is 9.53 Å². The van der Waals surface area contributed by atoms with Crippen molar-refractivity contribution in [3.63, 3.8) is 0 Å². The van der Waals surface area contributed by atoms with Gasteiger partial charge in [0.1, 0.15) is 5.60 Å². The fourth-order valence-corrected chi connectivity index (χ4v) is 7.80. The molecule has 5 aliphatic rings. The van der Waals surface area contributed by atoms with E-state index in [-0.39, 0.29) is 22.4 Å². The SMILES string of the molecule is C[C@]12CC=C3C=C4C(=O)C=CC[C@]45CC[C@]3(O5)[C@@H]1CC[C@@H]2c1ccc2ccncc2c1. The van der Waals surface area contributed by atoms with Crippen LogP contribution in [0, 0.1) is 11.3 Å². The molecular weight excluding hydrogens is 382 g/mol.